The molecule has 0 bridgehead atoms. The molecule has 30 heavy (non-hydrogen) atoms. The number of carbonyl (C=O) groups excluding carboxylic acids is 2. The maximum absolute atomic E-state index is 12.7. The van der Waals surface area contributed by atoms with Crippen molar-refractivity contribution in [3.05, 3.63) is 83.5 Å². The predicted molar refractivity (Wildman–Crippen MR) is 114 cm³/mol. The Balaban J connectivity index is 1.63. The van der Waals surface area contributed by atoms with E-state index in [0.717, 1.165) is 0 Å². The number of hydrogen-bond acceptors (Lipinski definition) is 5. The van der Waals surface area contributed by atoms with E-state index in [1.54, 1.807) is 66.9 Å². The van der Waals surface area contributed by atoms with E-state index in [1.165, 1.54) is 0 Å². The summed E-state index contributed by atoms with van der Waals surface area (Å²) in [6, 6.07) is 17.6. The monoisotopic (exact) mass is 424 g/mol. The van der Waals surface area contributed by atoms with E-state index in [0.29, 0.717) is 28.0 Å². The number of ether oxygens (including phenoxy) is 2. The minimum atomic E-state index is -0.808. The number of esters is 1. The summed E-state index contributed by atoms with van der Waals surface area (Å²) in [5, 5.41) is 3.26. The van der Waals surface area contributed by atoms with E-state index in [1.807, 2.05) is 19.9 Å². The van der Waals surface area contributed by atoms with Gasteiger partial charge >= 0.3 is 5.97 Å². The van der Waals surface area contributed by atoms with Gasteiger partial charge in [-0.05, 0) is 60.5 Å². The number of aromatic nitrogens is 1. The molecule has 0 spiro atoms. The number of amides is 1. The molecule has 2 aromatic carbocycles. The lowest BCUT2D eigenvalue weighted by molar-refractivity contribution is -0.137. The van der Waals surface area contributed by atoms with Gasteiger partial charge in [-0.15, -0.1) is 0 Å². The fourth-order valence-corrected chi connectivity index (χ4v) is 2.73. The van der Waals surface area contributed by atoms with E-state index in [4.69, 9.17) is 21.1 Å². The third-order valence-corrected chi connectivity index (χ3v) is 4.47. The normalized spacial score (nSPS) is 11.6. The van der Waals surface area contributed by atoms with Crippen molar-refractivity contribution < 1.29 is 19.1 Å². The van der Waals surface area contributed by atoms with Gasteiger partial charge < -0.3 is 14.8 Å². The van der Waals surface area contributed by atoms with Gasteiger partial charge in [0.05, 0.1) is 0 Å². The molecule has 0 saturated carbocycles. The van der Waals surface area contributed by atoms with Crippen LogP contribution in [0.1, 0.15) is 24.2 Å². The molecule has 0 saturated heterocycles. The molecule has 0 radical (unpaired) electrons. The highest BCUT2D eigenvalue weighted by Crippen LogP contribution is 2.23. The van der Waals surface area contributed by atoms with E-state index < -0.39 is 12.0 Å². The topological polar surface area (TPSA) is 77.5 Å². The number of pyridine rings is 1. The van der Waals surface area contributed by atoms with Gasteiger partial charge in [-0.2, -0.15) is 0 Å². The quantitative estimate of drug-likeness (QED) is 0.431. The van der Waals surface area contributed by atoms with Gasteiger partial charge in [0.2, 0.25) is 5.88 Å². The number of nitrogens with zero attached hydrogens (tertiary/aromatic N) is 1. The van der Waals surface area contributed by atoms with E-state index in [-0.39, 0.29) is 11.8 Å². The first kappa shape index (κ1) is 21.3. The molecule has 6 nitrogen and oxygen atoms in total. The Morgan fingerprint density at radius 3 is 2.20 bits per heavy atom. The van der Waals surface area contributed by atoms with Crippen LogP contribution in [0.2, 0.25) is 5.02 Å². The van der Waals surface area contributed by atoms with Gasteiger partial charge in [0, 0.05) is 22.8 Å². The average molecular weight is 425 g/mol. The highest BCUT2D eigenvalue weighted by Gasteiger charge is 2.26. The zero-order chi connectivity index (χ0) is 21.5. The van der Waals surface area contributed by atoms with Crippen molar-refractivity contribution in [2.75, 3.05) is 0 Å². The van der Waals surface area contributed by atoms with Gasteiger partial charge in [0.1, 0.15) is 17.5 Å². The summed E-state index contributed by atoms with van der Waals surface area (Å²) in [6.07, 6.45) is 1.63. The average Bonchev–Trinajstić information content (AvgIpc) is 2.74. The third kappa shape index (κ3) is 5.81. The molecular formula is C23H21ClN2O4. The second-order valence-electron chi connectivity index (χ2n) is 6.86. The van der Waals surface area contributed by atoms with Crippen LogP contribution in [0.25, 0.3) is 0 Å². The highest BCUT2D eigenvalue weighted by molar-refractivity contribution is 6.30. The molecule has 1 aromatic heterocycles. The first-order valence-corrected chi connectivity index (χ1v) is 9.77. The number of halogens is 1. The largest absolute Gasteiger partial charge is 0.439 e. The summed E-state index contributed by atoms with van der Waals surface area (Å²) in [5.74, 6) is 0.282. The first-order chi connectivity index (χ1) is 14.4. The Labute approximate surface area is 179 Å². The molecule has 1 heterocycles. The summed E-state index contributed by atoms with van der Waals surface area (Å²) in [7, 11) is 0. The number of rotatable bonds is 7. The second-order valence-corrected chi connectivity index (χ2v) is 7.30. The van der Waals surface area contributed by atoms with Crippen molar-refractivity contribution in [1.82, 2.24) is 10.3 Å². The van der Waals surface area contributed by atoms with Crippen LogP contribution >= 0.6 is 11.6 Å². The Hall–Kier alpha value is -3.38. The van der Waals surface area contributed by atoms with Crippen LogP contribution in [0, 0.1) is 5.92 Å². The fourth-order valence-electron chi connectivity index (χ4n) is 2.61. The highest BCUT2D eigenvalue weighted by atomic mass is 35.5. The number of carbonyl (C=O) groups is 2. The zero-order valence-electron chi connectivity index (χ0n) is 16.5. The van der Waals surface area contributed by atoms with Crippen molar-refractivity contribution in [2.24, 2.45) is 5.92 Å². The molecule has 1 amide bonds. The molecule has 1 unspecified atom stereocenters. The molecule has 1 atom stereocenters. The van der Waals surface area contributed by atoms with Crippen molar-refractivity contribution in [3.63, 3.8) is 0 Å². The van der Waals surface area contributed by atoms with Gasteiger partial charge in [-0.1, -0.05) is 31.5 Å². The predicted octanol–water partition coefficient (Wildman–Crippen LogP) is 4.89. The van der Waals surface area contributed by atoms with Crippen LogP contribution in [0.15, 0.2) is 72.9 Å². The van der Waals surface area contributed by atoms with Crippen molar-refractivity contribution in [1.29, 1.82) is 0 Å². The Morgan fingerprint density at radius 2 is 1.60 bits per heavy atom. The van der Waals surface area contributed by atoms with Crippen molar-refractivity contribution in [2.45, 2.75) is 19.9 Å². The lowest BCUT2D eigenvalue weighted by atomic mass is 10.0. The molecule has 7 heteroatoms. The molecule has 3 rings (SSSR count). The SMILES string of the molecule is CC(C)C(NC(=O)c1ccc(Cl)cc1)C(=O)Oc1ccc(Oc2ccccn2)cc1. The summed E-state index contributed by atoms with van der Waals surface area (Å²) in [6.45, 7) is 3.66. The van der Waals surface area contributed by atoms with Crippen LogP contribution in [0.4, 0.5) is 0 Å². The molecular weight excluding hydrogens is 404 g/mol. The van der Waals surface area contributed by atoms with E-state index in [9.17, 15) is 9.59 Å². The lowest BCUT2D eigenvalue weighted by Gasteiger charge is -2.21. The lowest BCUT2D eigenvalue weighted by Crippen LogP contribution is -2.46. The molecule has 3 aromatic rings. The molecule has 0 aliphatic rings. The van der Waals surface area contributed by atoms with Gasteiger partial charge in [0.15, 0.2) is 0 Å². The van der Waals surface area contributed by atoms with Crippen molar-refractivity contribution >= 4 is 23.5 Å². The number of hydrogen-bond donors (Lipinski definition) is 1. The van der Waals surface area contributed by atoms with Gasteiger partial charge in [-0.3, -0.25) is 4.79 Å². The standard InChI is InChI=1S/C23H21ClN2O4/c1-15(2)21(26-22(27)16-6-8-17(24)9-7-16)23(28)30-19-12-10-18(11-13-19)29-20-5-3-4-14-25-20/h3-15,21H,1-2H3,(H,26,27). The summed E-state index contributed by atoms with van der Waals surface area (Å²) < 4.78 is 11.1. The Morgan fingerprint density at radius 1 is 0.933 bits per heavy atom. The summed E-state index contributed by atoms with van der Waals surface area (Å²) >= 11 is 5.85. The smallest absolute Gasteiger partial charge is 0.334 e. The van der Waals surface area contributed by atoms with Crippen LogP contribution in [-0.4, -0.2) is 22.9 Å². The van der Waals surface area contributed by atoms with Crippen LogP contribution in [-0.2, 0) is 4.79 Å². The van der Waals surface area contributed by atoms with Crippen LogP contribution in [0.5, 0.6) is 17.4 Å². The van der Waals surface area contributed by atoms with E-state index in [2.05, 4.69) is 10.3 Å². The maximum Gasteiger partial charge on any atom is 0.334 e. The first-order valence-electron chi connectivity index (χ1n) is 9.39. The molecule has 1 N–H and O–H groups in total. The third-order valence-electron chi connectivity index (χ3n) is 4.22. The second kappa shape index (κ2) is 9.89. The van der Waals surface area contributed by atoms with Crippen LogP contribution < -0.4 is 14.8 Å². The minimum absolute atomic E-state index is 0.166. The Kier molecular flexibility index (Phi) is 7.03. The van der Waals surface area contributed by atoms with E-state index >= 15 is 0 Å². The molecule has 0 aliphatic heterocycles. The summed E-state index contributed by atoms with van der Waals surface area (Å²) in [5.41, 5.74) is 0.411. The number of nitrogens with one attached hydrogen (secondary N) is 1. The summed E-state index contributed by atoms with van der Waals surface area (Å²) in [4.78, 5) is 29.2. The minimum Gasteiger partial charge on any atom is -0.439 e. The number of benzene rings is 2. The molecule has 154 valence electrons. The van der Waals surface area contributed by atoms with Gasteiger partial charge in [-0.25, -0.2) is 9.78 Å². The fraction of sp³-hybridized carbons (Fsp3) is 0.174. The van der Waals surface area contributed by atoms with Gasteiger partial charge in [0.25, 0.3) is 5.91 Å². The molecule has 0 fully saturated rings. The van der Waals surface area contributed by atoms with Crippen LogP contribution in [0.3, 0.4) is 0 Å². The maximum atomic E-state index is 12.7. The van der Waals surface area contributed by atoms with Crippen molar-refractivity contribution in [3.8, 4) is 17.4 Å². The Bertz CT molecular complexity index is 990. The molecule has 0 aliphatic carbocycles. The zero-order valence-corrected chi connectivity index (χ0v) is 17.3.